The van der Waals surface area contributed by atoms with Gasteiger partial charge in [0.25, 0.3) is 0 Å². The summed E-state index contributed by atoms with van der Waals surface area (Å²) in [5.41, 5.74) is 2.35. The van der Waals surface area contributed by atoms with Crippen molar-refractivity contribution in [2.24, 2.45) is 44.3 Å². The first-order valence-electron chi connectivity index (χ1n) is 16.2. The fraction of sp³-hybridized carbons (Fsp3) is 0.806. The fourth-order valence-corrected chi connectivity index (χ4v) is 11.0. The zero-order chi connectivity index (χ0) is 31.1. The maximum atomic E-state index is 12.3. The van der Waals surface area contributed by atoms with E-state index in [9.17, 15) is 14.4 Å². The van der Waals surface area contributed by atoms with E-state index in [4.69, 9.17) is 14.2 Å². The molecule has 0 unspecified atom stereocenters. The third-order valence-corrected chi connectivity index (χ3v) is 13.5. The molecule has 0 aromatic carbocycles. The van der Waals surface area contributed by atoms with Crippen molar-refractivity contribution in [1.82, 2.24) is 0 Å². The third kappa shape index (κ3) is 4.51. The summed E-state index contributed by atoms with van der Waals surface area (Å²) in [7, 11) is 0. The standard InChI is InChI=1S/C36H54O6/c1-22(37)40-21-32(6)19-26-25-11-12-28-34(8)15-14-29(41-23(2)38)31(4,5)27(34)13-16-36(28,10)35(25,9)18-17-33(26,7)30(20-32)42-24(3)39/h11-12,27-30H,13-21H2,1-10H3/t27-,28-,29-,30-,32-,33-,34+,35-,36-/m1/s1. The Labute approximate surface area is 253 Å². The summed E-state index contributed by atoms with van der Waals surface area (Å²) in [6, 6.07) is 0. The van der Waals surface area contributed by atoms with Crippen LogP contribution in [0.5, 0.6) is 0 Å². The molecule has 5 rings (SSSR count). The molecule has 5 aliphatic rings. The van der Waals surface area contributed by atoms with Crippen molar-refractivity contribution in [3.63, 3.8) is 0 Å². The van der Waals surface area contributed by atoms with Crippen LogP contribution < -0.4 is 0 Å². The van der Waals surface area contributed by atoms with Crippen molar-refractivity contribution in [3.8, 4) is 0 Å². The number of fused-ring (bicyclic) bond motifs is 6. The number of carbonyl (C=O) groups is 3. The van der Waals surface area contributed by atoms with Gasteiger partial charge < -0.3 is 14.2 Å². The minimum absolute atomic E-state index is 0.0213. The Morgan fingerprint density at radius 3 is 2.07 bits per heavy atom. The van der Waals surface area contributed by atoms with Crippen molar-refractivity contribution >= 4 is 17.9 Å². The van der Waals surface area contributed by atoms with E-state index in [1.165, 1.54) is 31.9 Å². The molecule has 3 fully saturated rings. The van der Waals surface area contributed by atoms with Gasteiger partial charge in [0, 0.05) is 37.0 Å². The first-order valence-corrected chi connectivity index (χ1v) is 16.2. The normalized spacial score (nSPS) is 45.5. The van der Waals surface area contributed by atoms with Crippen LogP contribution in [0.2, 0.25) is 0 Å². The van der Waals surface area contributed by atoms with E-state index in [0.717, 1.165) is 44.9 Å². The summed E-state index contributed by atoms with van der Waals surface area (Å²) in [4.78, 5) is 36.1. The molecule has 0 aromatic heterocycles. The Bertz CT molecular complexity index is 1230. The predicted octanol–water partition coefficient (Wildman–Crippen LogP) is 7.74. The molecule has 3 saturated carbocycles. The first kappa shape index (κ1) is 31.3. The maximum Gasteiger partial charge on any atom is 0.302 e. The molecule has 0 spiro atoms. The summed E-state index contributed by atoms with van der Waals surface area (Å²) in [5.74, 6) is 0.182. The van der Waals surface area contributed by atoms with Crippen LogP contribution >= 0.6 is 0 Å². The van der Waals surface area contributed by atoms with Crippen molar-refractivity contribution < 1.29 is 28.6 Å². The average Bonchev–Trinajstić information content (AvgIpc) is 2.86. The largest absolute Gasteiger partial charge is 0.465 e. The van der Waals surface area contributed by atoms with Gasteiger partial charge in [-0.25, -0.2) is 0 Å². The minimum Gasteiger partial charge on any atom is -0.465 e. The van der Waals surface area contributed by atoms with Gasteiger partial charge in [0.15, 0.2) is 0 Å². The summed E-state index contributed by atoms with van der Waals surface area (Å²) < 4.78 is 17.6. The number of carbonyl (C=O) groups excluding carboxylic acids is 3. The Kier molecular flexibility index (Phi) is 7.42. The molecule has 0 aliphatic heterocycles. The second-order valence-corrected chi connectivity index (χ2v) is 16.5. The van der Waals surface area contributed by atoms with Crippen LogP contribution in [0.1, 0.15) is 121 Å². The van der Waals surface area contributed by atoms with Gasteiger partial charge in [0.05, 0.1) is 6.61 Å². The highest BCUT2D eigenvalue weighted by molar-refractivity contribution is 5.67. The monoisotopic (exact) mass is 582 g/mol. The lowest BCUT2D eigenvalue weighted by atomic mass is 9.35. The SMILES string of the molecule is CC(=O)OC[C@]1(C)CC2=C3C=C[C@@H]4[C@@]5(C)CC[C@@H](OC(C)=O)C(C)(C)[C@H]5CC[C@@]4(C)[C@]3(C)CC[C@@]2(C)[C@H](OC(C)=O)C1. The zero-order valence-electron chi connectivity index (χ0n) is 27.8. The zero-order valence-corrected chi connectivity index (χ0v) is 27.8. The van der Waals surface area contributed by atoms with Crippen molar-refractivity contribution in [2.75, 3.05) is 6.61 Å². The fourth-order valence-electron chi connectivity index (χ4n) is 11.0. The lowest BCUT2D eigenvalue weighted by Crippen LogP contribution is -2.63. The van der Waals surface area contributed by atoms with E-state index in [0.29, 0.717) is 24.9 Å². The number of ether oxygens (including phenoxy) is 3. The summed E-state index contributed by atoms with van der Waals surface area (Å²) in [6.07, 6.45) is 12.4. The summed E-state index contributed by atoms with van der Waals surface area (Å²) in [6.45, 7) is 21.5. The second kappa shape index (κ2) is 9.95. The van der Waals surface area contributed by atoms with E-state index in [2.05, 4.69) is 60.6 Å². The molecule has 234 valence electrons. The third-order valence-electron chi connectivity index (χ3n) is 13.5. The molecular weight excluding hydrogens is 528 g/mol. The molecule has 0 N–H and O–H groups in total. The quantitative estimate of drug-likeness (QED) is 0.249. The van der Waals surface area contributed by atoms with Gasteiger partial charge in [-0.3, -0.25) is 14.4 Å². The molecule has 5 aliphatic carbocycles. The van der Waals surface area contributed by atoms with Gasteiger partial charge in [0.1, 0.15) is 12.2 Å². The smallest absolute Gasteiger partial charge is 0.302 e. The van der Waals surface area contributed by atoms with Crippen LogP contribution in [-0.2, 0) is 28.6 Å². The molecule has 0 bridgehead atoms. The minimum atomic E-state index is -0.305. The van der Waals surface area contributed by atoms with Gasteiger partial charge in [0.2, 0.25) is 0 Å². The molecule has 42 heavy (non-hydrogen) atoms. The van der Waals surface area contributed by atoms with Crippen LogP contribution in [0.15, 0.2) is 23.3 Å². The van der Waals surface area contributed by atoms with Gasteiger partial charge in [-0.1, -0.05) is 66.2 Å². The first-order chi connectivity index (χ1) is 19.3. The average molecular weight is 583 g/mol. The topological polar surface area (TPSA) is 78.9 Å². The van der Waals surface area contributed by atoms with Gasteiger partial charge >= 0.3 is 17.9 Å². The molecule has 0 aromatic rings. The van der Waals surface area contributed by atoms with E-state index < -0.39 is 0 Å². The molecule has 0 saturated heterocycles. The van der Waals surface area contributed by atoms with Gasteiger partial charge in [-0.2, -0.15) is 0 Å². The predicted molar refractivity (Wildman–Crippen MR) is 162 cm³/mol. The van der Waals surface area contributed by atoms with Crippen molar-refractivity contribution in [3.05, 3.63) is 23.3 Å². The van der Waals surface area contributed by atoms with Gasteiger partial charge in [-0.05, 0) is 85.0 Å². The molecule has 0 heterocycles. The number of allylic oxidation sites excluding steroid dienone is 3. The Morgan fingerprint density at radius 1 is 0.810 bits per heavy atom. The molecular formula is C36H54O6. The lowest BCUT2D eigenvalue weighted by Gasteiger charge is -2.69. The van der Waals surface area contributed by atoms with Crippen molar-refractivity contribution in [2.45, 2.75) is 133 Å². The van der Waals surface area contributed by atoms with Crippen LogP contribution in [-0.4, -0.2) is 36.7 Å². The second-order valence-electron chi connectivity index (χ2n) is 16.5. The van der Waals surface area contributed by atoms with E-state index in [1.807, 2.05) is 0 Å². The highest BCUT2D eigenvalue weighted by atomic mass is 16.6. The van der Waals surface area contributed by atoms with Gasteiger partial charge in [-0.15, -0.1) is 0 Å². The van der Waals surface area contributed by atoms with Crippen LogP contribution in [0, 0.1) is 44.3 Å². The number of rotatable bonds is 4. The highest BCUT2D eigenvalue weighted by Crippen LogP contribution is 2.74. The molecule has 0 amide bonds. The van der Waals surface area contributed by atoms with Crippen LogP contribution in [0.4, 0.5) is 0 Å². The van der Waals surface area contributed by atoms with Crippen molar-refractivity contribution in [1.29, 1.82) is 0 Å². The summed E-state index contributed by atoms with van der Waals surface area (Å²) in [5, 5.41) is 0. The van der Waals surface area contributed by atoms with E-state index in [-0.39, 0.29) is 62.6 Å². The number of hydrogen-bond donors (Lipinski definition) is 0. The van der Waals surface area contributed by atoms with Crippen LogP contribution in [0.3, 0.4) is 0 Å². The molecule has 6 nitrogen and oxygen atoms in total. The lowest BCUT2D eigenvalue weighted by molar-refractivity contribution is -0.198. The van der Waals surface area contributed by atoms with E-state index in [1.54, 1.807) is 0 Å². The highest BCUT2D eigenvalue weighted by Gasteiger charge is 2.67. The maximum absolute atomic E-state index is 12.3. The number of hydrogen-bond acceptors (Lipinski definition) is 6. The van der Waals surface area contributed by atoms with E-state index >= 15 is 0 Å². The number of esters is 3. The molecule has 0 radical (unpaired) electrons. The summed E-state index contributed by atoms with van der Waals surface area (Å²) >= 11 is 0. The Morgan fingerprint density at radius 2 is 1.45 bits per heavy atom. The van der Waals surface area contributed by atoms with Crippen LogP contribution in [0.25, 0.3) is 0 Å². The Hall–Kier alpha value is -2.11. The molecule has 9 atom stereocenters. The Balaban J connectivity index is 1.60. The molecule has 6 heteroatoms.